The summed E-state index contributed by atoms with van der Waals surface area (Å²) in [5.41, 5.74) is 1.34. The van der Waals surface area contributed by atoms with Crippen molar-refractivity contribution in [3.05, 3.63) is 28.8 Å². The van der Waals surface area contributed by atoms with Gasteiger partial charge in [-0.05, 0) is 25.1 Å². The Labute approximate surface area is 97.9 Å². The zero-order chi connectivity index (χ0) is 11.7. The first-order valence-corrected chi connectivity index (χ1v) is 5.73. The number of thiophene rings is 1. The summed E-state index contributed by atoms with van der Waals surface area (Å²) in [5.74, 6) is -0.0872. The molecule has 0 aliphatic heterocycles. The number of H-pyrrole nitrogens is 1. The molecule has 0 aliphatic rings. The fourth-order valence-electron chi connectivity index (χ4n) is 1.37. The molecular weight excluding hydrogens is 222 g/mol. The average Bonchev–Trinajstić information content (AvgIpc) is 2.84. The van der Waals surface area contributed by atoms with Crippen LogP contribution in [0.5, 0.6) is 0 Å². The molecule has 0 saturated carbocycles. The van der Waals surface area contributed by atoms with E-state index in [1.54, 1.807) is 31.5 Å². The molecule has 0 bridgehead atoms. The van der Waals surface area contributed by atoms with Crippen molar-refractivity contribution in [1.82, 2.24) is 15.1 Å². The average molecular weight is 235 g/mol. The minimum Gasteiger partial charge on any atom is -0.343 e. The Hall–Kier alpha value is -1.62. The first-order valence-electron chi connectivity index (χ1n) is 4.92. The molecule has 2 heterocycles. The fourth-order valence-corrected chi connectivity index (χ4v) is 2.20. The molecule has 2 aromatic heterocycles. The Balaban J connectivity index is 2.29. The zero-order valence-electron chi connectivity index (χ0n) is 9.44. The molecule has 1 amide bonds. The summed E-state index contributed by atoms with van der Waals surface area (Å²) in [4.78, 5) is 15.5. The molecule has 2 aromatic rings. The lowest BCUT2D eigenvalue weighted by Gasteiger charge is -2.06. The Morgan fingerprint density at radius 1 is 1.44 bits per heavy atom. The number of aromatic amines is 1. The van der Waals surface area contributed by atoms with Crippen LogP contribution in [-0.2, 0) is 0 Å². The number of amides is 1. The predicted octanol–water partition coefficient (Wildman–Crippen LogP) is 2.15. The second kappa shape index (κ2) is 4.09. The first kappa shape index (κ1) is 10.9. The molecule has 16 heavy (non-hydrogen) atoms. The quantitative estimate of drug-likeness (QED) is 0.867. The van der Waals surface area contributed by atoms with Crippen molar-refractivity contribution in [2.45, 2.75) is 6.92 Å². The summed E-state index contributed by atoms with van der Waals surface area (Å²) in [6.45, 7) is 2.05. The highest BCUT2D eigenvalue weighted by atomic mass is 32.1. The Bertz CT molecular complexity index is 513. The molecule has 0 aromatic carbocycles. The number of hydrogen-bond donors (Lipinski definition) is 1. The molecule has 0 radical (unpaired) electrons. The van der Waals surface area contributed by atoms with Gasteiger partial charge in [-0.15, -0.1) is 11.3 Å². The van der Waals surface area contributed by atoms with Gasteiger partial charge in [0.05, 0.1) is 10.6 Å². The Kier molecular flexibility index (Phi) is 2.78. The maximum absolute atomic E-state index is 11.6. The van der Waals surface area contributed by atoms with Gasteiger partial charge in [-0.2, -0.15) is 5.10 Å². The van der Waals surface area contributed by atoms with Crippen LogP contribution in [0.25, 0.3) is 10.6 Å². The van der Waals surface area contributed by atoms with Gasteiger partial charge in [0, 0.05) is 19.0 Å². The van der Waals surface area contributed by atoms with Crippen molar-refractivity contribution in [3.63, 3.8) is 0 Å². The van der Waals surface area contributed by atoms with Crippen LogP contribution in [0.15, 0.2) is 18.2 Å². The van der Waals surface area contributed by atoms with Crippen LogP contribution >= 0.6 is 11.3 Å². The maximum Gasteiger partial charge on any atom is 0.273 e. The molecule has 0 fully saturated rings. The highest BCUT2D eigenvalue weighted by Crippen LogP contribution is 2.26. The van der Waals surface area contributed by atoms with Crippen LogP contribution < -0.4 is 0 Å². The third kappa shape index (κ3) is 1.99. The van der Waals surface area contributed by atoms with E-state index in [-0.39, 0.29) is 5.91 Å². The highest BCUT2D eigenvalue weighted by molar-refractivity contribution is 7.15. The van der Waals surface area contributed by atoms with E-state index in [0.717, 1.165) is 10.6 Å². The second-order valence-corrected chi connectivity index (χ2v) is 5.06. The number of carbonyl (C=O) groups excluding carboxylic acids is 1. The van der Waals surface area contributed by atoms with Crippen molar-refractivity contribution in [1.29, 1.82) is 0 Å². The smallest absolute Gasteiger partial charge is 0.273 e. The summed E-state index contributed by atoms with van der Waals surface area (Å²) < 4.78 is 0. The van der Waals surface area contributed by atoms with E-state index in [2.05, 4.69) is 17.1 Å². The van der Waals surface area contributed by atoms with E-state index >= 15 is 0 Å². The highest BCUT2D eigenvalue weighted by Gasteiger charge is 2.13. The number of nitrogens with one attached hydrogen (secondary N) is 1. The van der Waals surface area contributed by atoms with E-state index in [1.165, 1.54) is 9.78 Å². The summed E-state index contributed by atoms with van der Waals surface area (Å²) >= 11 is 1.68. The number of rotatable bonds is 2. The van der Waals surface area contributed by atoms with Gasteiger partial charge in [-0.1, -0.05) is 0 Å². The van der Waals surface area contributed by atoms with Crippen molar-refractivity contribution in [2.24, 2.45) is 0 Å². The molecule has 1 N–H and O–H groups in total. The lowest BCUT2D eigenvalue weighted by Crippen LogP contribution is -2.21. The topological polar surface area (TPSA) is 49.0 Å². The second-order valence-electron chi connectivity index (χ2n) is 3.78. The standard InChI is InChI=1S/C11H13N3OS/c1-7-4-5-10(16-7)8-6-9(13-12-8)11(15)14(2)3/h4-6H,1-3H3,(H,12,13). The summed E-state index contributed by atoms with van der Waals surface area (Å²) in [5, 5.41) is 6.90. The van der Waals surface area contributed by atoms with Gasteiger partial charge in [0.25, 0.3) is 5.91 Å². The molecule has 2 rings (SSSR count). The Morgan fingerprint density at radius 2 is 2.19 bits per heavy atom. The summed E-state index contributed by atoms with van der Waals surface area (Å²) in [7, 11) is 3.43. The van der Waals surface area contributed by atoms with Crippen molar-refractivity contribution in [2.75, 3.05) is 14.1 Å². The number of hydrogen-bond acceptors (Lipinski definition) is 3. The van der Waals surface area contributed by atoms with Gasteiger partial charge in [0.1, 0.15) is 0 Å². The normalized spacial score (nSPS) is 10.4. The molecule has 0 atom stereocenters. The van der Waals surface area contributed by atoms with Gasteiger partial charge in [-0.25, -0.2) is 0 Å². The van der Waals surface area contributed by atoms with Crippen LogP contribution in [0.3, 0.4) is 0 Å². The third-order valence-corrected chi connectivity index (χ3v) is 3.24. The SMILES string of the molecule is Cc1ccc(-c2cc(C(=O)N(C)C)n[nH]2)s1. The summed E-state index contributed by atoms with van der Waals surface area (Å²) in [6, 6.07) is 5.86. The molecule has 4 nitrogen and oxygen atoms in total. The molecular formula is C11H13N3OS. The number of carbonyl (C=O) groups is 1. The number of aryl methyl sites for hydroxylation is 1. The van der Waals surface area contributed by atoms with Crippen molar-refractivity contribution < 1.29 is 4.79 Å². The van der Waals surface area contributed by atoms with E-state index in [9.17, 15) is 4.79 Å². The van der Waals surface area contributed by atoms with E-state index in [0.29, 0.717) is 5.69 Å². The molecule has 5 heteroatoms. The lowest BCUT2D eigenvalue weighted by molar-refractivity contribution is 0.0822. The van der Waals surface area contributed by atoms with Crippen LogP contribution in [0.4, 0.5) is 0 Å². The fraction of sp³-hybridized carbons (Fsp3) is 0.273. The van der Waals surface area contributed by atoms with Crippen LogP contribution in [0.2, 0.25) is 0 Å². The minimum atomic E-state index is -0.0872. The van der Waals surface area contributed by atoms with E-state index in [4.69, 9.17) is 0 Å². The molecule has 0 spiro atoms. The van der Waals surface area contributed by atoms with Crippen LogP contribution in [0.1, 0.15) is 15.4 Å². The Morgan fingerprint density at radius 3 is 2.75 bits per heavy atom. The summed E-state index contributed by atoms with van der Waals surface area (Å²) in [6.07, 6.45) is 0. The van der Waals surface area contributed by atoms with E-state index in [1.807, 2.05) is 12.1 Å². The maximum atomic E-state index is 11.6. The lowest BCUT2D eigenvalue weighted by atomic mass is 10.3. The largest absolute Gasteiger partial charge is 0.343 e. The number of nitrogens with zero attached hydrogens (tertiary/aromatic N) is 2. The molecule has 0 unspecified atom stereocenters. The van der Waals surface area contributed by atoms with Gasteiger partial charge in [0.15, 0.2) is 5.69 Å². The molecule has 0 aliphatic carbocycles. The monoisotopic (exact) mass is 235 g/mol. The van der Waals surface area contributed by atoms with Gasteiger partial charge < -0.3 is 4.90 Å². The van der Waals surface area contributed by atoms with Crippen molar-refractivity contribution >= 4 is 17.2 Å². The van der Waals surface area contributed by atoms with Crippen molar-refractivity contribution in [3.8, 4) is 10.6 Å². The van der Waals surface area contributed by atoms with E-state index < -0.39 is 0 Å². The number of aromatic nitrogens is 2. The molecule has 84 valence electrons. The minimum absolute atomic E-state index is 0.0872. The van der Waals surface area contributed by atoms with Gasteiger partial charge in [-0.3, -0.25) is 9.89 Å². The molecule has 0 saturated heterocycles. The van der Waals surface area contributed by atoms with Gasteiger partial charge >= 0.3 is 0 Å². The van der Waals surface area contributed by atoms with Crippen LogP contribution in [0, 0.1) is 6.92 Å². The third-order valence-electron chi connectivity index (χ3n) is 2.21. The predicted molar refractivity (Wildman–Crippen MR) is 64.7 cm³/mol. The van der Waals surface area contributed by atoms with Gasteiger partial charge in [0.2, 0.25) is 0 Å². The first-order chi connectivity index (χ1) is 7.58. The zero-order valence-corrected chi connectivity index (χ0v) is 10.3. The van der Waals surface area contributed by atoms with Crippen LogP contribution in [-0.4, -0.2) is 35.1 Å².